The highest BCUT2D eigenvalue weighted by Gasteiger charge is 2.34. The second-order valence-corrected chi connectivity index (χ2v) is 6.31. The van der Waals surface area contributed by atoms with E-state index in [-0.39, 0.29) is 11.8 Å². The number of aryl methyl sites for hydroxylation is 1. The van der Waals surface area contributed by atoms with Gasteiger partial charge in [0.1, 0.15) is 18.9 Å². The van der Waals surface area contributed by atoms with Gasteiger partial charge in [0, 0.05) is 0 Å². The second-order valence-electron chi connectivity index (χ2n) is 6.31. The van der Waals surface area contributed by atoms with E-state index >= 15 is 0 Å². The predicted octanol–water partition coefficient (Wildman–Crippen LogP) is 2.16. The molecular weight excluding hydrogens is 314 g/mol. The van der Waals surface area contributed by atoms with Crippen molar-refractivity contribution in [2.75, 3.05) is 0 Å². The van der Waals surface area contributed by atoms with Gasteiger partial charge in [-0.05, 0) is 23.3 Å². The number of fused-ring (bicyclic) bond motifs is 1. The van der Waals surface area contributed by atoms with Gasteiger partial charge < -0.3 is 0 Å². The molecule has 5 heteroatoms. The smallest absolute Gasteiger partial charge is 0.261 e. The lowest BCUT2D eigenvalue weighted by molar-refractivity contribution is -0.671. The minimum atomic E-state index is -0.218. The molecule has 2 amide bonds. The average Bonchev–Trinajstić information content (AvgIpc) is 3.14. The molecule has 0 fully saturated rings. The monoisotopic (exact) mass is 332 g/mol. The molecule has 1 aromatic heterocycles. The normalized spacial score (nSPS) is 13.4. The van der Waals surface area contributed by atoms with Crippen molar-refractivity contribution >= 4 is 11.8 Å². The third-order valence-corrected chi connectivity index (χ3v) is 4.43. The van der Waals surface area contributed by atoms with Gasteiger partial charge in [-0.25, -0.2) is 9.13 Å². The number of hydrogen-bond donors (Lipinski definition) is 0. The molecule has 1 aliphatic rings. The number of rotatable bonds is 4. The first kappa shape index (κ1) is 15.3. The Morgan fingerprint density at radius 2 is 1.40 bits per heavy atom. The predicted molar refractivity (Wildman–Crippen MR) is 91.8 cm³/mol. The van der Waals surface area contributed by atoms with Crippen LogP contribution in [-0.4, -0.2) is 21.3 Å². The SMILES string of the molecule is C[n+]1ccn(Cc2ccc(CN3C(=O)c4ccccc4C3=O)cc2)c1. The standard InChI is InChI=1S/C20H18N3O2/c1-21-10-11-22(14-21)12-15-6-8-16(9-7-15)13-23-19(24)17-4-2-3-5-18(17)20(23)25/h2-11,14H,12-13H2,1H3/q+1. The topological polar surface area (TPSA) is 46.2 Å². The van der Waals surface area contributed by atoms with Crippen LogP contribution in [0.1, 0.15) is 31.8 Å². The third kappa shape index (κ3) is 2.85. The van der Waals surface area contributed by atoms with Crippen LogP contribution in [0.4, 0.5) is 0 Å². The van der Waals surface area contributed by atoms with Crippen LogP contribution in [0, 0.1) is 0 Å². The molecule has 2 heterocycles. The van der Waals surface area contributed by atoms with Crippen molar-refractivity contribution in [3.05, 3.63) is 89.5 Å². The molecule has 1 aliphatic heterocycles. The van der Waals surface area contributed by atoms with Crippen molar-refractivity contribution in [3.8, 4) is 0 Å². The first-order valence-electron chi connectivity index (χ1n) is 8.16. The van der Waals surface area contributed by atoms with Crippen LogP contribution in [0.15, 0.2) is 67.3 Å². The van der Waals surface area contributed by atoms with Gasteiger partial charge in [0.2, 0.25) is 6.33 Å². The van der Waals surface area contributed by atoms with E-state index in [0.717, 1.165) is 12.1 Å². The number of aromatic nitrogens is 2. The Balaban J connectivity index is 1.49. The van der Waals surface area contributed by atoms with E-state index in [1.54, 1.807) is 24.3 Å². The molecule has 0 saturated carbocycles. The van der Waals surface area contributed by atoms with E-state index in [9.17, 15) is 9.59 Å². The molecule has 4 rings (SSSR count). The Bertz CT molecular complexity index is 922. The fourth-order valence-electron chi connectivity index (χ4n) is 3.12. The number of nitrogens with zero attached hydrogens (tertiary/aromatic N) is 3. The van der Waals surface area contributed by atoms with Crippen LogP contribution >= 0.6 is 0 Å². The number of carbonyl (C=O) groups excluding carboxylic acids is 2. The van der Waals surface area contributed by atoms with Crippen molar-refractivity contribution in [1.29, 1.82) is 0 Å². The van der Waals surface area contributed by atoms with Gasteiger partial charge in [-0.3, -0.25) is 14.5 Å². The maximum absolute atomic E-state index is 12.4. The van der Waals surface area contributed by atoms with Gasteiger partial charge in [0.15, 0.2) is 0 Å². The molecule has 0 atom stereocenters. The summed E-state index contributed by atoms with van der Waals surface area (Å²) in [6.45, 7) is 1.08. The zero-order valence-electron chi connectivity index (χ0n) is 13.9. The highest BCUT2D eigenvalue weighted by Crippen LogP contribution is 2.24. The van der Waals surface area contributed by atoms with E-state index < -0.39 is 0 Å². The van der Waals surface area contributed by atoms with E-state index in [2.05, 4.69) is 4.57 Å². The summed E-state index contributed by atoms with van der Waals surface area (Å²) in [5, 5.41) is 0. The lowest BCUT2D eigenvalue weighted by atomic mass is 10.1. The molecule has 124 valence electrons. The molecule has 3 aromatic rings. The molecule has 0 saturated heterocycles. The zero-order valence-corrected chi connectivity index (χ0v) is 13.9. The Labute approximate surface area is 145 Å². The second kappa shape index (κ2) is 6.02. The summed E-state index contributed by atoms with van der Waals surface area (Å²) in [4.78, 5) is 26.2. The lowest BCUT2D eigenvalue weighted by Gasteiger charge is -2.14. The van der Waals surface area contributed by atoms with Gasteiger partial charge in [0.25, 0.3) is 11.8 Å². The summed E-state index contributed by atoms with van der Waals surface area (Å²) < 4.78 is 4.09. The van der Waals surface area contributed by atoms with Gasteiger partial charge >= 0.3 is 0 Å². The van der Waals surface area contributed by atoms with Gasteiger partial charge in [-0.15, -0.1) is 0 Å². The molecule has 0 radical (unpaired) electrons. The molecule has 0 unspecified atom stereocenters. The van der Waals surface area contributed by atoms with Gasteiger partial charge in [-0.2, -0.15) is 0 Å². The lowest BCUT2D eigenvalue weighted by Crippen LogP contribution is -2.29. The molecule has 2 aromatic carbocycles. The van der Waals surface area contributed by atoms with Crippen molar-refractivity contribution in [3.63, 3.8) is 0 Å². The fraction of sp³-hybridized carbons (Fsp3) is 0.150. The highest BCUT2D eigenvalue weighted by molar-refractivity contribution is 6.21. The van der Waals surface area contributed by atoms with Crippen LogP contribution in [0.3, 0.4) is 0 Å². The quantitative estimate of drug-likeness (QED) is 0.543. The zero-order chi connectivity index (χ0) is 17.4. The number of amides is 2. The summed E-state index contributed by atoms with van der Waals surface area (Å²) in [6.07, 6.45) is 6.04. The number of carbonyl (C=O) groups is 2. The Hall–Kier alpha value is -3.21. The summed E-state index contributed by atoms with van der Waals surface area (Å²) in [5.41, 5.74) is 3.09. The molecule has 0 N–H and O–H groups in total. The van der Waals surface area contributed by atoms with Crippen molar-refractivity contribution in [2.45, 2.75) is 13.1 Å². The first-order chi connectivity index (χ1) is 12.1. The average molecular weight is 332 g/mol. The summed E-state index contributed by atoms with van der Waals surface area (Å²) in [5.74, 6) is -0.436. The minimum absolute atomic E-state index is 0.218. The maximum Gasteiger partial charge on any atom is 0.261 e. The maximum atomic E-state index is 12.4. The van der Waals surface area contributed by atoms with E-state index in [1.165, 1.54) is 10.5 Å². The van der Waals surface area contributed by atoms with Crippen LogP contribution in [0.25, 0.3) is 0 Å². The number of hydrogen-bond acceptors (Lipinski definition) is 2. The summed E-state index contributed by atoms with van der Waals surface area (Å²) in [7, 11) is 1.99. The number of imidazole rings is 1. The number of imide groups is 1. The van der Waals surface area contributed by atoms with E-state index in [0.29, 0.717) is 17.7 Å². The Kier molecular flexibility index (Phi) is 3.69. The van der Waals surface area contributed by atoms with Crippen LogP contribution in [0.5, 0.6) is 0 Å². The largest absolute Gasteiger partial charge is 0.270 e. The molecular formula is C20H18N3O2+. The molecule has 0 spiro atoms. The number of benzene rings is 2. The van der Waals surface area contributed by atoms with Crippen molar-refractivity contribution in [2.24, 2.45) is 7.05 Å². The Morgan fingerprint density at radius 1 is 0.840 bits per heavy atom. The molecule has 0 bridgehead atoms. The highest BCUT2D eigenvalue weighted by atomic mass is 16.2. The van der Waals surface area contributed by atoms with Gasteiger partial charge in [0.05, 0.1) is 24.7 Å². The fourth-order valence-corrected chi connectivity index (χ4v) is 3.12. The molecule has 5 nitrogen and oxygen atoms in total. The molecule has 25 heavy (non-hydrogen) atoms. The van der Waals surface area contributed by atoms with E-state index in [1.807, 2.05) is 54.6 Å². The van der Waals surface area contributed by atoms with Crippen LogP contribution < -0.4 is 4.57 Å². The van der Waals surface area contributed by atoms with Crippen LogP contribution in [-0.2, 0) is 20.1 Å². The van der Waals surface area contributed by atoms with Crippen molar-refractivity contribution < 1.29 is 14.2 Å². The van der Waals surface area contributed by atoms with Crippen LogP contribution in [0.2, 0.25) is 0 Å². The molecule has 0 aliphatic carbocycles. The minimum Gasteiger partial charge on any atom is -0.270 e. The summed E-state index contributed by atoms with van der Waals surface area (Å²) in [6, 6.07) is 15.0. The summed E-state index contributed by atoms with van der Waals surface area (Å²) >= 11 is 0. The van der Waals surface area contributed by atoms with Gasteiger partial charge in [-0.1, -0.05) is 36.4 Å². The Morgan fingerprint density at radius 3 is 1.92 bits per heavy atom. The first-order valence-corrected chi connectivity index (χ1v) is 8.16. The third-order valence-electron chi connectivity index (χ3n) is 4.43. The van der Waals surface area contributed by atoms with E-state index in [4.69, 9.17) is 0 Å². The van der Waals surface area contributed by atoms with Crippen molar-refractivity contribution in [1.82, 2.24) is 9.47 Å².